The van der Waals surface area contributed by atoms with E-state index in [1.165, 1.54) is 13.2 Å². The molecule has 90 valence electrons. The molecule has 1 atom stereocenters. The molecule has 1 unspecified atom stereocenters. The lowest BCUT2D eigenvalue weighted by molar-refractivity contribution is 0.117. The zero-order valence-electron chi connectivity index (χ0n) is 8.65. The maximum absolute atomic E-state index is 12.6. The van der Waals surface area contributed by atoms with Gasteiger partial charge < -0.3 is 20.7 Å². The van der Waals surface area contributed by atoms with Crippen molar-refractivity contribution in [3.8, 4) is 17.2 Å². The Morgan fingerprint density at radius 2 is 2.00 bits per heavy atom. The molecule has 0 aliphatic heterocycles. The van der Waals surface area contributed by atoms with Crippen LogP contribution in [0.5, 0.6) is 17.2 Å². The number of rotatable bonds is 4. The monoisotopic (exact) mass is 233 g/mol. The van der Waals surface area contributed by atoms with Crippen molar-refractivity contribution < 1.29 is 23.7 Å². The number of phenolic OH excluding ortho intramolecular Hbond substituents is 2. The number of hydrogen-bond acceptors (Lipinski definition) is 4. The van der Waals surface area contributed by atoms with E-state index < -0.39 is 23.8 Å². The zero-order chi connectivity index (χ0) is 12.3. The average Bonchev–Trinajstić information content (AvgIpc) is 2.23. The summed E-state index contributed by atoms with van der Waals surface area (Å²) in [7, 11) is 1.26. The minimum Gasteiger partial charge on any atom is -0.504 e. The van der Waals surface area contributed by atoms with Crippen LogP contribution in [-0.4, -0.2) is 30.3 Å². The Balaban J connectivity index is 3.19. The SMILES string of the molecule is COc1cc(C(CN)C(F)F)cc(O)c1O. The molecular formula is C10H13F2NO3. The summed E-state index contributed by atoms with van der Waals surface area (Å²) in [5, 5.41) is 18.6. The normalized spacial score (nSPS) is 12.8. The molecule has 0 aliphatic carbocycles. The lowest BCUT2D eigenvalue weighted by atomic mass is 9.99. The summed E-state index contributed by atoms with van der Waals surface area (Å²) < 4.78 is 29.9. The quantitative estimate of drug-likeness (QED) is 0.687. The summed E-state index contributed by atoms with van der Waals surface area (Å²) in [6.07, 6.45) is -2.64. The van der Waals surface area contributed by atoms with Gasteiger partial charge in [0.15, 0.2) is 11.5 Å². The third-order valence-electron chi connectivity index (χ3n) is 2.28. The first kappa shape index (κ1) is 12.5. The number of alkyl halides is 2. The molecule has 0 saturated heterocycles. The van der Waals surface area contributed by atoms with E-state index >= 15 is 0 Å². The minimum atomic E-state index is -2.64. The second-order valence-corrected chi connectivity index (χ2v) is 3.27. The van der Waals surface area contributed by atoms with Crippen LogP contribution in [0.25, 0.3) is 0 Å². The summed E-state index contributed by atoms with van der Waals surface area (Å²) in [5.41, 5.74) is 5.35. The average molecular weight is 233 g/mol. The predicted octanol–water partition coefficient (Wildman–Crippen LogP) is 1.41. The minimum absolute atomic E-state index is 0.0610. The van der Waals surface area contributed by atoms with E-state index in [2.05, 4.69) is 0 Å². The fraction of sp³-hybridized carbons (Fsp3) is 0.400. The summed E-state index contributed by atoms with van der Waals surface area (Å²) in [6, 6.07) is 2.29. The summed E-state index contributed by atoms with van der Waals surface area (Å²) in [5.74, 6) is -2.24. The Morgan fingerprint density at radius 3 is 2.44 bits per heavy atom. The Morgan fingerprint density at radius 1 is 1.38 bits per heavy atom. The summed E-state index contributed by atoms with van der Waals surface area (Å²) >= 11 is 0. The first-order chi connectivity index (χ1) is 7.51. The van der Waals surface area contributed by atoms with E-state index in [9.17, 15) is 19.0 Å². The highest BCUT2D eigenvalue weighted by atomic mass is 19.3. The molecule has 1 aromatic carbocycles. The number of methoxy groups -OCH3 is 1. The molecule has 0 radical (unpaired) electrons. The van der Waals surface area contributed by atoms with Gasteiger partial charge in [-0.25, -0.2) is 8.78 Å². The van der Waals surface area contributed by atoms with Crippen LogP contribution in [0.3, 0.4) is 0 Å². The smallest absolute Gasteiger partial charge is 0.246 e. The van der Waals surface area contributed by atoms with Crippen molar-refractivity contribution in [3.05, 3.63) is 17.7 Å². The molecule has 0 saturated carbocycles. The fourth-order valence-corrected chi connectivity index (χ4v) is 1.37. The molecule has 1 rings (SSSR count). The van der Waals surface area contributed by atoms with Gasteiger partial charge in [0.1, 0.15) is 0 Å². The van der Waals surface area contributed by atoms with Crippen LogP contribution in [0.15, 0.2) is 12.1 Å². The number of aromatic hydroxyl groups is 2. The van der Waals surface area contributed by atoms with Crippen molar-refractivity contribution in [3.63, 3.8) is 0 Å². The van der Waals surface area contributed by atoms with E-state index in [-0.39, 0.29) is 17.9 Å². The molecule has 0 fully saturated rings. The largest absolute Gasteiger partial charge is 0.504 e. The topological polar surface area (TPSA) is 75.7 Å². The molecular weight excluding hydrogens is 220 g/mol. The van der Waals surface area contributed by atoms with Gasteiger partial charge in [-0.2, -0.15) is 0 Å². The highest BCUT2D eigenvalue weighted by Gasteiger charge is 2.23. The van der Waals surface area contributed by atoms with Gasteiger partial charge in [-0.1, -0.05) is 0 Å². The molecule has 0 bridgehead atoms. The maximum Gasteiger partial charge on any atom is 0.246 e. The third-order valence-corrected chi connectivity index (χ3v) is 2.28. The highest BCUT2D eigenvalue weighted by molar-refractivity contribution is 5.52. The van der Waals surface area contributed by atoms with Crippen molar-refractivity contribution in [1.82, 2.24) is 0 Å². The number of hydrogen-bond donors (Lipinski definition) is 3. The highest BCUT2D eigenvalue weighted by Crippen LogP contribution is 2.39. The van der Waals surface area contributed by atoms with Crippen molar-refractivity contribution in [2.75, 3.05) is 13.7 Å². The van der Waals surface area contributed by atoms with E-state index in [1.807, 2.05) is 0 Å². The molecule has 0 aromatic heterocycles. The van der Waals surface area contributed by atoms with Crippen LogP contribution in [0.4, 0.5) is 8.78 Å². The van der Waals surface area contributed by atoms with Gasteiger partial charge >= 0.3 is 0 Å². The van der Waals surface area contributed by atoms with Gasteiger partial charge in [0.2, 0.25) is 12.2 Å². The molecule has 0 amide bonds. The van der Waals surface area contributed by atoms with Crippen LogP contribution in [0.2, 0.25) is 0 Å². The maximum atomic E-state index is 12.6. The Kier molecular flexibility index (Phi) is 3.89. The Hall–Kier alpha value is -1.56. The van der Waals surface area contributed by atoms with Crippen molar-refractivity contribution in [2.24, 2.45) is 5.73 Å². The van der Waals surface area contributed by atoms with Crippen LogP contribution in [0.1, 0.15) is 11.5 Å². The lowest BCUT2D eigenvalue weighted by Crippen LogP contribution is -2.19. The number of phenols is 2. The molecule has 4 nitrogen and oxygen atoms in total. The van der Waals surface area contributed by atoms with Gasteiger partial charge in [0.05, 0.1) is 13.0 Å². The van der Waals surface area contributed by atoms with Crippen molar-refractivity contribution in [1.29, 1.82) is 0 Å². The van der Waals surface area contributed by atoms with Crippen LogP contribution < -0.4 is 10.5 Å². The molecule has 16 heavy (non-hydrogen) atoms. The van der Waals surface area contributed by atoms with Gasteiger partial charge in [-0.05, 0) is 17.7 Å². The number of benzene rings is 1. The van der Waals surface area contributed by atoms with E-state index in [0.717, 1.165) is 6.07 Å². The first-order valence-corrected chi connectivity index (χ1v) is 4.59. The summed E-state index contributed by atoms with van der Waals surface area (Å²) in [6.45, 7) is -0.259. The standard InChI is InChI=1S/C10H13F2NO3/c1-16-8-3-5(2-7(14)9(8)15)6(4-13)10(11)12/h2-3,6,10,14-15H,4,13H2,1H3. The first-order valence-electron chi connectivity index (χ1n) is 4.59. The predicted molar refractivity (Wildman–Crippen MR) is 54.1 cm³/mol. The lowest BCUT2D eigenvalue weighted by Gasteiger charge is -2.16. The second-order valence-electron chi connectivity index (χ2n) is 3.27. The summed E-state index contributed by atoms with van der Waals surface area (Å²) in [4.78, 5) is 0. The van der Waals surface area contributed by atoms with Crippen LogP contribution in [0, 0.1) is 0 Å². The van der Waals surface area contributed by atoms with Crippen molar-refractivity contribution >= 4 is 0 Å². The fourth-order valence-electron chi connectivity index (χ4n) is 1.37. The molecule has 0 heterocycles. The number of halogens is 2. The van der Waals surface area contributed by atoms with Gasteiger partial charge in [-0.3, -0.25) is 0 Å². The Labute approximate surface area is 91.3 Å². The van der Waals surface area contributed by atoms with Gasteiger partial charge in [0.25, 0.3) is 0 Å². The molecule has 1 aromatic rings. The number of nitrogens with two attached hydrogens (primary N) is 1. The van der Waals surface area contributed by atoms with Crippen molar-refractivity contribution in [2.45, 2.75) is 12.3 Å². The molecule has 0 spiro atoms. The molecule has 4 N–H and O–H groups in total. The van der Waals surface area contributed by atoms with Crippen LogP contribution in [-0.2, 0) is 0 Å². The van der Waals surface area contributed by atoms with E-state index in [0.29, 0.717) is 0 Å². The van der Waals surface area contributed by atoms with E-state index in [1.54, 1.807) is 0 Å². The van der Waals surface area contributed by atoms with Gasteiger partial charge in [0, 0.05) is 6.54 Å². The number of ether oxygens (including phenoxy) is 1. The zero-order valence-corrected chi connectivity index (χ0v) is 8.65. The third kappa shape index (κ3) is 2.33. The Bertz CT molecular complexity index is 371. The van der Waals surface area contributed by atoms with E-state index in [4.69, 9.17) is 10.5 Å². The molecule has 6 heteroatoms. The molecule has 0 aliphatic rings. The van der Waals surface area contributed by atoms with Crippen LogP contribution >= 0.6 is 0 Å². The van der Waals surface area contributed by atoms with Gasteiger partial charge in [-0.15, -0.1) is 0 Å². The second kappa shape index (κ2) is 4.98.